The Bertz CT molecular complexity index is 206. The molecule has 4 nitrogen and oxygen atoms in total. The van der Waals surface area contributed by atoms with Crippen LogP contribution in [-0.2, 0) is 0 Å². The Morgan fingerprint density at radius 1 is 1.40 bits per heavy atom. The molecule has 2 atom stereocenters. The van der Waals surface area contributed by atoms with Crippen LogP contribution in [0.5, 0.6) is 0 Å². The van der Waals surface area contributed by atoms with E-state index in [9.17, 15) is 0 Å². The number of hydrogen-bond donors (Lipinski definition) is 3. The van der Waals surface area contributed by atoms with Gasteiger partial charge in [-0.05, 0) is 25.2 Å². The highest BCUT2D eigenvalue weighted by Gasteiger charge is 2.15. The van der Waals surface area contributed by atoms with Crippen LogP contribution < -0.4 is 11.1 Å². The summed E-state index contributed by atoms with van der Waals surface area (Å²) in [7, 11) is 0. The van der Waals surface area contributed by atoms with Gasteiger partial charge in [-0.25, -0.2) is 0 Å². The van der Waals surface area contributed by atoms with Gasteiger partial charge in [0.25, 0.3) is 0 Å². The summed E-state index contributed by atoms with van der Waals surface area (Å²) in [4.78, 5) is 0. The average molecular weight is 213 g/mol. The van der Waals surface area contributed by atoms with Gasteiger partial charge in [-0.1, -0.05) is 24.9 Å². The Kier molecular flexibility index (Phi) is 5.47. The number of nitrogens with one attached hydrogen (secondary N) is 1. The molecule has 1 saturated carbocycles. The second-order valence-electron chi connectivity index (χ2n) is 4.61. The third-order valence-electron chi connectivity index (χ3n) is 3.20. The fraction of sp³-hybridized carbons (Fsp3) is 0.909. The Morgan fingerprint density at radius 3 is 2.93 bits per heavy atom. The van der Waals surface area contributed by atoms with Crippen molar-refractivity contribution in [3.63, 3.8) is 0 Å². The SMILES string of the molecule is CC1CCCC(NCCC(N)=NO)CC1. The van der Waals surface area contributed by atoms with Crippen LogP contribution in [0.25, 0.3) is 0 Å². The summed E-state index contributed by atoms with van der Waals surface area (Å²) in [5.41, 5.74) is 5.40. The van der Waals surface area contributed by atoms with Crippen LogP contribution in [0.4, 0.5) is 0 Å². The van der Waals surface area contributed by atoms with Gasteiger partial charge in [0, 0.05) is 19.0 Å². The van der Waals surface area contributed by atoms with Crippen LogP contribution in [0.3, 0.4) is 0 Å². The summed E-state index contributed by atoms with van der Waals surface area (Å²) in [6.07, 6.45) is 7.16. The molecule has 0 aliphatic heterocycles. The Morgan fingerprint density at radius 2 is 2.20 bits per heavy atom. The molecule has 1 fully saturated rings. The van der Waals surface area contributed by atoms with Crippen LogP contribution in [0.15, 0.2) is 5.16 Å². The minimum absolute atomic E-state index is 0.310. The van der Waals surface area contributed by atoms with Crippen molar-refractivity contribution in [1.82, 2.24) is 5.32 Å². The van der Waals surface area contributed by atoms with Crippen LogP contribution in [-0.4, -0.2) is 23.6 Å². The molecule has 0 spiro atoms. The maximum atomic E-state index is 8.39. The number of nitrogens with zero attached hydrogens (tertiary/aromatic N) is 1. The predicted molar refractivity (Wildman–Crippen MR) is 62.1 cm³/mol. The van der Waals surface area contributed by atoms with E-state index in [0.29, 0.717) is 18.3 Å². The zero-order valence-electron chi connectivity index (χ0n) is 9.58. The Hall–Kier alpha value is -0.770. The van der Waals surface area contributed by atoms with Crippen molar-refractivity contribution in [2.75, 3.05) is 6.54 Å². The first-order valence-corrected chi connectivity index (χ1v) is 5.92. The van der Waals surface area contributed by atoms with E-state index >= 15 is 0 Å². The molecule has 1 aliphatic rings. The molecule has 0 bridgehead atoms. The predicted octanol–water partition coefficient (Wildman–Crippen LogP) is 1.68. The number of oxime groups is 1. The summed E-state index contributed by atoms with van der Waals surface area (Å²) in [6, 6.07) is 0.626. The third kappa shape index (κ3) is 5.02. The first kappa shape index (κ1) is 12.3. The topological polar surface area (TPSA) is 70.6 Å². The van der Waals surface area contributed by atoms with Crippen LogP contribution >= 0.6 is 0 Å². The van der Waals surface area contributed by atoms with E-state index in [-0.39, 0.29) is 0 Å². The fourth-order valence-corrected chi connectivity index (χ4v) is 2.15. The van der Waals surface area contributed by atoms with E-state index in [1.807, 2.05) is 0 Å². The maximum Gasteiger partial charge on any atom is 0.140 e. The lowest BCUT2D eigenvalue weighted by Gasteiger charge is -2.15. The molecule has 0 aromatic heterocycles. The summed E-state index contributed by atoms with van der Waals surface area (Å²) in [5.74, 6) is 1.19. The van der Waals surface area contributed by atoms with Gasteiger partial charge in [0.1, 0.15) is 5.84 Å². The Labute approximate surface area is 91.9 Å². The summed E-state index contributed by atoms with van der Waals surface area (Å²) < 4.78 is 0. The second-order valence-corrected chi connectivity index (χ2v) is 4.61. The standard InChI is InChI=1S/C11H23N3O/c1-9-3-2-4-10(6-5-9)13-8-7-11(12)14-15/h9-10,13,15H,2-8H2,1H3,(H2,12,14). The lowest BCUT2D eigenvalue weighted by Crippen LogP contribution is -2.31. The first-order valence-electron chi connectivity index (χ1n) is 5.92. The lowest BCUT2D eigenvalue weighted by molar-refractivity contribution is 0.316. The van der Waals surface area contributed by atoms with Crippen molar-refractivity contribution in [1.29, 1.82) is 0 Å². The molecule has 1 rings (SSSR count). The number of amidine groups is 1. The molecule has 15 heavy (non-hydrogen) atoms. The summed E-state index contributed by atoms with van der Waals surface area (Å²) >= 11 is 0. The first-order chi connectivity index (χ1) is 7.22. The van der Waals surface area contributed by atoms with E-state index in [4.69, 9.17) is 10.9 Å². The van der Waals surface area contributed by atoms with Crippen molar-refractivity contribution in [2.45, 2.75) is 51.5 Å². The molecular weight excluding hydrogens is 190 g/mol. The smallest absolute Gasteiger partial charge is 0.140 e. The molecule has 2 unspecified atom stereocenters. The van der Waals surface area contributed by atoms with Gasteiger partial charge < -0.3 is 16.3 Å². The monoisotopic (exact) mass is 213 g/mol. The molecular formula is C11H23N3O. The molecule has 1 aliphatic carbocycles. The number of rotatable bonds is 4. The van der Waals surface area contributed by atoms with Gasteiger partial charge in [-0.15, -0.1) is 0 Å². The highest BCUT2D eigenvalue weighted by Crippen LogP contribution is 2.22. The second kappa shape index (κ2) is 6.67. The normalized spacial score (nSPS) is 28.7. The van der Waals surface area contributed by atoms with Gasteiger partial charge in [0.2, 0.25) is 0 Å². The van der Waals surface area contributed by atoms with E-state index in [1.54, 1.807) is 0 Å². The third-order valence-corrected chi connectivity index (χ3v) is 3.20. The maximum absolute atomic E-state index is 8.39. The lowest BCUT2D eigenvalue weighted by atomic mass is 10.0. The molecule has 0 amide bonds. The minimum atomic E-state index is 0.310. The molecule has 0 heterocycles. The van der Waals surface area contributed by atoms with Gasteiger partial charge in [0.05, 0.1) is 0 Å². The number of nitrogens with two attached hydrogens (primary N) is 1. The van der Waals surface area contributed by atoms with Crippen molar-refractivity contribution < 1.29 is 5.21 Å². The van der Waals surface area contributed by atoms with Gasteiger partial charge in [0.15, 0.2) is 0 Å². The van der Waals surface area contributed by atoms with E-state index in [1.165, 1.54) is 32.1 Å². The number of hydrogen-bond acceptors (Lipinski definition) is 3. The summed E-state index contributed by atoms with van der Waals surface area (Å²) in [5, 5.41) is 14.8. The molecule has 0 saturated heterocycles. The van der Waals surface area contributed by atoms with E-state index in [2.05, 4.69) is 17.4 Å². The fourth-order valence-electron chi connectivity index (χ4n) is 2.15. The molecule has 4 heteroatoms. The van der Waals surface area contributed by atoms with Gasteiger partial charge in [-0.2, -0.15) is 0 Å². The van der Waals surface area contributed by atoms with E-state index < -0.39 is 0 Å². The highest BCUT2D eigenvalue weighted by atomic mass is 16.4. The van der Waals surface area contributed by atoms with Crippen molar-refractivity contribution in [3.05, 3.63) is 0 Å². The largest absolute Gasteiger partial charge is 0.409 e. The van der Waals surface area contributed by atoms with E-state index in [0.717, 1.165) is 12.5 Å². The average Bonchev–Trinajstić information content (AvgIpc) is 2.43. The van der Waals surface area contributed by atoms with Gasteiger partial charge >= 0.3 is 0 Å². The molecule has 4 N–H and O–H groups in total. The minimum Gasteiger partial charge on any atom is -0.409 e. The van der Waals surface area contributed by atoms with Crippen molar-refractivity contribution in [2.24, 2.45) is 16.8 Å². The quantitative estimate of drug-likeness (QED) is 0.219. The Balaban J connectivity index is 2.15. The molecule has 0 radical (unpaired) electrons. The van der Waals surface area contributed by atoms with Crippen molar-refractivity contribution in [3.8, 4) is 0 Å². The van der Waals surface area contributed by atoms with Gasteiger partial charge in [-0.3, -0.25) is 0 Å². The zero-order valence-corrected chi connectivity index (χ0v) is 9.58. The van der Waals surface area contributed by atoms with Crippen LogP contribution in [0.1, 0.15) is 45.4 Å². The highest BCUT2D eigenvalue weighted by molar-refractivity contribution is 5.79. The zero-order chi connectivity index (χ0) is 11.1. The molecule has 0 aromatic rings. The van der Waals surface area contributed by atoms with Crippen molar-refractivity contribution >= 4 is 5.84 Å². The van der Waals surface area contributed by atoms with Crippen LogP contribution in [0, 0.1) is 5.92 Å². The summed E-state index contributed by atoms with van der Waals surface area (Å²) in [6.45, 7) is 3.15. The van der Waals surface area contributed by atoms with Crippen LogP contribution in [0.2, 0.25) is 0 Å². The molecule has 88 valence electrons. The molecule has 0 aromatic carbocycles.